The molecule has 0 saturated carbocycles. The molecule has 0 bridgehead atoms. The van der Waals surface area contributed by atoms with Gasteiger partial charge in [-0.25, -0.2) is 0 Å². The van der Waals surface area contributed by atoms with Crippen molar-refractivity contribution in [2.24, 2.45) is 5.73 Å². The Morgan fingerprint density at radius 2 is 2.19 bits per heavy atom. The summed E-state index contributed by atoms with van der Waals surface area (Å²) in [6.07, 6.45) is 2.21. The fourth-order valence-electron chi connectivity index (χ4n) is 2.18. The first-order chi connectivity index (χ1) is 7.54. The number of hydrogen-bond acceptors (Lipinski definition) is 4. The van der Waals surface area contributed by atoms with Crippen molar-refractivity contribution in [3.05, 3.63) is 11.6 Å². The highest BCUT2D eigenvalue weighted by atomic mass is 16.5. The summed E-state index contributed by atoms with van der Waals surface area (Å²) >= 11 is 0. The lowest BCUT2D eigenvalue weighted by Crippen LogP contribution is -2.28. The maximum atomic E-state index is 5.70. The largest absolute Gasteiger partial charge is 0.370 e. The zero-order valence-electron chi connectivity index (χ0n) is 10.2. The van der Waals surface area contributed by atoms with Crippen LogP contribution in [0.3, 0.4) is 0 Å². The molecule has 0 aliphatic carbocycles. The number of nitrogens with two attached hydrogens (primary N) is 1. The molecule has 16 heavy (non-hydrogen) atoms. The molecule has 1 saturated heterocycles. The third-order valence-electron chi connectivity index (χ3n) is 2.83. The average Bonchev–Trinajstić information content (AvgIpc) is 2.84. The Morgan fingerprint density at radius 1 is 1.44 bits per heavy atom. The molecule has 0 aromatic carbocycles. The van der Waals surface area contributed by atoms with Crippen LogP contribution in [0.4, 0.5) is 0 Å². The van der Waals surface area contributed by atoms with Crippen LogP contribution in [-0.4, -0.2) is 21.4 Å². The van der Waals surface area contributed by atoms with E-state index in [1.54, 1.807) is 0 Å². The Labute approximate surface area is 96.0 Å². The van der Waals surface area contributed by atoms with E-state index in [1.807, 2.05) is 0 Å². The van der Waals surface area contributed by atoms with Gasteiger partial charge in [0.05, 0.1) is 6.54 Å². The van der Waals surface area contributed by atoms with Crippen LogP contribution in [0.15, 0.2) is 0 Å². The summed E-state index contributed by atoms with van der Waals surface area (Å²) in [5, 5.41) is 8.40. The van der Waals surface area contributed by atoms with Gasteiger partial charge in [-0.15, -0.1) is 10.2 Å². The predicted octanol–water partition coefficient (Wildman–Crippen LogP) is 1.34. The summed E-state index contributed by atoms with van der Waals surface area (Å²) in [7, 11) is 0. The topological polar surface area (TPSA) is 66.0 Å². The Bertz CT molecular complexity index is 361. The first-order valence-electron chi connectivity index (χ1n) is 5.80. The highest BCUT2D eigenvalue weighted by molar-refractivity contribution is 5.04. The normalized spacial score (nSPS) is 21.6. The van der Waals surface area contributed by atoms with Gasteiger partial charge in [0.15, 0.2) is 5.82 Å². The monoisotopic (exact) mass is 224 g/mol. The lowest BCUT2D eigenvalue weighted by atomic mass is 10.1. The first-order valence-corrected chi connectivity index (χ1v) is 5.80. The maximum Gasteiger partial charge on any atom is 0.162 e. The number of nitrogens with zero attached hydrogens (tertiary/aromatic N) is 3. The molecule has 0 spiro atoms. The molecule has 1 aliphatic heterocycles. The van der Waals surface area contributed by atoms with E-state index in [9.17, 15) is 0 Å². The molecule has 0 radical (unpaired) electrons. The Kier molecular flexibility index (Phi) is 2.99. The molecule has 5 nitrogen and oxygen atoms in total. The zero-order chi connectivity index (χ0) is 11.8. The van der Waals surface area contributed by atoms with Crippen molar-refractivity contribution in [2.45, 2.75) is 51.8 Å². The minimum absolute atomic E-state index is 0.0561. The van der Waals surface area contributed by atoms with Gasteiger partial charge in [-0.1, -0.05) is 0 Å². The third kappa shape index (κ3) is 1.97. The number of aromatic nitrogens is 3. The van der Waals surface area contributed by atoms with Gasteiger partial charge in [-0.3, -0.25) is 0 Å². The van der Waals surface area contributed by atoms with Gasteiger partial charge in [0.1, 0.15) is 11.9 Å². The molecule has 1 aromatic rings. The molecular formula is C11H20N4O. The zero-order valence-corrected chi connectivity index (χ0v) is 10.2. The van der Waals surface area contributed by atoms with Crippen molar-refractivity contribution in [3.63, 3.8) is 0 Å². The van der Waals surface area contributed by atoms with Gasteiger partial charge in [-0.2, -0.15) is 0 Å². The fraction of sp³-hybridized carbons (Fsp3) is 0.818. The molecular weight excluding hydrogens is 204 g/mol. The van der Waals surface area contributed by atoms with Crippen molar-refractivity contribution < 1.29 is 4.74 Å². The molecule has 1 atom stereocenters. The van der Waals surface area contributed by atoms with Crippen molar-refractivity contribution in [3.8, 4) is 0 Å². The minimum Gasteiger partial charge on any atom is -0.370 e. The Hall–Kier alpha value is -0.940. The molecule has 0 amide bonds. The molecule has 90 valence electrons. The lowest BCUT2D eigenvalue weighted by Gasteiger charge is -2.26. The van der Waals surface area contributed by atoms with Crippen LogP contribution in [0.1, 0.15) is 51.4 Å². The van der Waals surface area contributed by atoms with Crippen LogP contribution in [0.25, 0.3) is 0 Å². The summed E-state index contributed by atoms with van der Waals surface area (Å²) in [6.45, 7) is 7.63. The second-order valence-electron chi connectivity index (χ2n) is 5.19. The van der Waals surface area contributed by atoms with Crippen LogP contribution >= 0.6 is 0 Å². The van der Waals surface area contributed by atoms with Gasteiger partial charge in [0.2, 0.25) is 0 Å². The lowest BCUT2D eigenvalue weighted by molar-refractivity contribution is 0.0972. The van der Waals surface area contributed by atoms with E-state index in [2.05, 4.69) is 35.5 Å². The van der Waals surface area contributed by atoms with Crippen LogP contribution in [0.5, 0.6) is 0 Å². The average molecular weight is 224 g/mol. The highest BCUT2D eigenvalue weighted by Gasteiger charge is 2.29. The van der Waals surface area contributed by atoms with Gasteiger partial charge in [-0.05, 0) is 33.6 Å². The molecule has 2 heterocycles. The molecule has 5 heteroatoms. The second-order valence-corrected chi connectivity index (χ2v) is 5.19. The van der Waals surface area contributed by atoms with Crippen molar-refractivity contribution >= 4 is 0 Å². The van der Waals surface area contributed by atoms with E-state index in [0.717, 1.165) is 31.1 Å². The van der Waals surface area contributed by atoms with Gasteiger partial charge >= 0.3 is 0 Å². The van der Waals surface area contributed by atoms with Crippen molar-refractivity contribution in [1.82, 2.24) is 14.8 Å². The maximum absolute atomic E-state index is 5.70. The molecule has 2 N–H and O–H groups in total. The Balaban J connectivity index is 2.41. The van der Waals surface area contributed by atoms with Crippen LogP contribution < -0.4 is 5.73 Å². The van der Waals surface area contributed by atoms with E-state index in [1.165, 1.54) is 0 Å². The Morgan fingerprint density at radius 3 is 2.69 bits per heavy atom. The van der Waals surface area contributed by atoms with Gasteiger partial charge in [0.25, 0.3) is 0 Å². The van der Waals surface area contributed by atoms with Gasteiger partial charge in [0, 0.05) is 12.1 Å². The summed E-state index contributed by atoms with van der Waals surface area (Å²) in [4.78, 5) is 0. The quantitative estimate of drug-likeness (QED) is 0.823. The molecule has 2 rings (SSSR count). The molecule has 1 aromatic heterocycles. The predicted molar refractivity (Wildman–Crippen MR) is 60.8 cm³/mol. The SMILES string of the molecule is CC(C)(C)n1c(CN)nnc1C1CCCO1. The van der Waals surface area contributed by atoms with Crippen LogP contribution in [-0.2, 0) is 16.8 Å². The minimum atomic E-state index is -0.0561. The highest BCUT2D eigenvalue weighted by Crippen LogP contribution is 2.30. The van der Waals surface area contributed by atoms with Gasteiger partial charge < -0.3 is 15.0 Å². The van der Waals surface area contributed by atoms with Crippen molar-refractivity contribution in [2.75, 3.05) is 6.61 Å². The molecule has 1 aliphatic rings. The van der Waals surface area contributed by atoms with Crippen LogP contribution in [0.2, 0.25) is 0 Å². The summed E-state index contributed by atoms with van der Waals surface area (Å²) in [6, 6.07) is 0. The van der Waals surface area contributed by atoms with E-state index in [0.29, 0.717) is 6.54 Å². The number of rotatable bonds is 2. The molecule has 1 unspecified atom stereocenters. The van der Waals surface area contributed by atoms with Crippen molar-refractivity contribution in [1.29, 1.82) is 0 Å². The number of hydrogen-bond donors (Lipinski definition) is 1. The number of ether oxygens (including phenoxy) is 1. The van der Waals surface area contributed by atoms with E-state index >= 15 is 0 Å². The smallest absolute Gasteiger partial charge is 0.162 e. The van der Waals surface area contributed by atoms with E-state index < -0.39 is 0 Å². The van der Waals surface area contributed by atoms with Crippen LogP contribution in [0, 0.1) is 0 Å². The summed E-state index contributed by atoms with van der Waals surface area (Å²) in [5.41, 5.74) is 5.64. The third-order valence-corrected chi connectivity index (χ3v) is 2.83. The summed E-state index contributed by atoms with van der Waals surface area (Å²) < 4.78 is 7.78. The first kappa shape index (κ1) is 11.5. The van der Waals surface area contributed by atoms with E-state index in [4.69, 9.17) is 10.5 Å². The molecule has 1 fully saturated rings. The fourth-order valence-corrected chi connectivity index (χ4v) is 2.18. The summed E-state index contributed by atoms with van der Waals surface area (Å²) in [5.74, 6) is 1.75. The standard InChI is InChI=1S/C11H20N4O/c1-11(2,3)15-9(7-12)13-14-10(15)8-5-4-6-16-8/h8H,4-7,12H2,1-3H3. The van der Waals surface area contributed by atoms with E-state index in [-0.39, 0.29) is 11.6 Å². The second kappa shape index (κ2) is 4.14.